The fourth-order valence-electron chi connectivity index (χ4n) is 1.90. The Labute approximate surface area is 112 Å². The number of carbonyl (C=O) groups is 1. The first-order valence-corrected chi connectivity index (χ1v) is 6.33. The number of anilines is 1. The Morgan fingerprint density at radius 1 is 1.21 bits per heavy atom. The van der Waals surface area contributed by atoms with Crippen molar-refractivity contribution in [1.29, 1.82) is 0 Å². The highest BCUT2D eigenvalue weighted by molar-refractivity contribution is 5.92. The average molecular weight is 258 g/mol. The van der Waals surface area contributed by atoms with Gasteiger partial charge in [-0.15, -0.1) is 0 Å². The zero-order valence-corrected chi connectivity index (χ0v) is 11.7. The number of hydrogen-bond acceptors (Lipinski definition) is 3. The summed E-state index contributed by atoms with van der Waals surface area (Å²) in [5, 5.41) is 6.81. The van der Waals surface area contributed by atoms with Crippen molar-refractivity contribution in [1.82, 2.24) is 5.16 Å². The summed E-state index contributed by atoms with van der Waals surface area (Å²) in [6.45, 7) is 7.55. The lowest BCUT2D eigenvalue weighted by atomic mass is 10.0. The number of amides is 1. The molecule has 0 atom stereocenters. The Morgan fingerprint density at radius 3 is 2.32 bits per heavy atom. The van der Waals surface area contributed by atoms with Gasteiger partial charge in [-0.2, -0.15) is 0 Å². The van der Waals surface area contributed by atoms with E-state index >= 15 is 0 Å². The van der Waals surface area contributed by atoms with Gasteiger partial charge in [0, 0.05) is 17.2 Å². The molecule has 0 fully saturated rings. The van der Waals surface area contributed by atoms with Crippen LogP contribution in [0.2, 0.25) is 0 Å². The smallest absolute Gasteiger partial charge is 0.226 e. The minimum absolute atomic E-state index is 0.0186. The maximum atomic E-state index is 11.6. The lowest BCUT2D eigenvalue weighted by Gasteiger charge is -2.08. The Balaban J connectivity index is 2.22. The third-order valence-corrected chi connectivity index (χ3v) is 3.00. The molecular weight excluding hydrogens is 240 g/mol. The summed E-state index contributed by atoms with van der Waals surface area (Å²) < 4.78 is 5.16. The maximum Gasteiger partial charge on any atom is 0.226 e. The number of aryl methyl sites for hydroxylation is 2. The summed E-state index contributed by atoms with van der Waals surface area (Å²) in [7, 11) is 0. The molecule has 0 aliphatic carbocycles. The molecule has 0 saturated carbocycles. The number of carbonyl (C=O) groups excluding carboxylic acids is 1. The lowest BCUT2D eigenvalue weighted by molar-refractivity contribution is -0.118. The first-order valence-electron chi connectivity index (χ1n) is 6.33. The Bertz CT molecular complexity index is 563. The number of nitrogens with zero attached hydrogens (tertiary/aromatic N) is 1. The summed E-state index contributed by atoms with van der Waals surface area (Å²) >= 11 is 0. The summed E-state index contributed by atoms with van der Waals surface area (Å²) in [6.07, 6.45) is 0. The molecule has 0 bridgehead atoms. The SMILES string of the molecule is Cc1noc(C)c1-c1ccc(NC(=O)C(C)C)cc1. The lowest BCUT2D eigenvalue weighted by Crippen LogP contribution is -2.17. The topological polar surface area (TPSA) is 55.1 Å². The second-order valence-corrected chi connectivity index (χ2v) is 4.92. The van der Waals surface area contributed by atoms with Crippen LogP contribution in [0.4, 0.5) is 5.69 Å². The maximum absolute atomic E-state index is 11.6. The molecule has 1 aromatic carbocycles. The first kappa shape index (κ1) is 13.3. The third-order valence-electron chi connectivity index (χ3n) is 3.00. The highest BCUT2D eigenvalue weighted by atomic mass is 16.5. The molecule has 1 heterocycles. The molecule has 2 rings (SSSR count). The van der Waals surface area contributed by atoms with Crippen LogP contribution in [0.25, 0.3) is 11.1 Å². The fourth-order valence-corrected chi connectivity index (χ4v) is 1.90. The number of nitrogens with one attached hydrogen (secondary N) is 1. The van der Waals surface area contributed by atoms with E-state index in [-0.39, 0.29) is 11.8 Å². The van der Waals surface area contributed by atoms with Crippen molar-refractivity contribution in [2.45, 2.75) is 27.7 Å². The van der Waals surface area contributed by atoms with Crippen molar-refractivity contribution in [2.24, 2.45) is 5.92 Å². The summed E-state index contributed by atoms with van der Waals surface area (Å²) in [4.78, 5) is 11.6. The molecule has 1 amide bonds. The van der Waals surface area contributed by atoms with E-state index in [1.54, 1.807) is 0 Å². The molecule has 19 heavy (non-hydrogen) atoms. The molecule has 2 aromatic rings. The molecule has 1 aromatic heterocycles. The molecule has 0 aliphatic heterocycles. The second kappa shape index (κ2) is 5.26. The van der Waals surface area contributed by atoms with Crippen LogP contribution < -0.4 is 5.32 Å². The van der Waals surface area contributed by atoms with Crippen LogP contribution in [-0.2, 0) is 4.79 Å². The van der Waals surface area contributed by atoms with Gasteiger partial charge in [-0.25, -0.2) is 0 Å². The molecule has 0 unspecified atom stereocenters. The quantitative estimate of drug-likeness (QED) is 0.915. The highest BCUT2D eigenvalue weighted by Gasteiger charge is 2.12. The van der Waals surface area contributed by atoms with Crippen LogP contribution in [-0.4, -0.2) is 11.1 Å². The van der Waals surface area contributed by atoms with Crippen molar-refractivity contribution in [3.63, 3.8) is 0 Å². The van der Waals surface area contributed by atoms with Gasteiger partial charge < -0.3 is 9.84 Å². The molecule has 0 radical (unpaired) electrons. The minimum Gasteiger partial charge on any atom is -0.361 e. The second-order valence-electron chi connectivity index (χ2n) is 4.92. The van der Waals surface area contributed by atoms with Gasteiger partial charge in [0.2, 0.25) is 5.91 Å². The Hall–Kier alpha value is -2.10. The van der Waals surface area contributed by atoms with Crippen molar-refractivity contribution in [3.8, 4) is 11.1 Å². The van der Waals surface area contributed by atoms with Crippen LogP contribution in [0.5, 0.6) is 0 Å². The van der Waals surface area contributed by atoms with Gasteiger partial charge in [0.15, 0.2) is 0 Å². The first-order chi connectivity index (χ1) is 8.99. The standard InChI is InChI=1S/C15H18N2O2/c1-9(2)15(18)16-13-7-5-12(6-8-13)14-10(3)17-19-11(14)4/h5-9H,1-4H3,(H,16,18). The van der Waals surface area contributed by atoms with Gasteiger partial charge in [0.1, 0.15) is 5.76 Å². The van der Waals surface area contributed by atoms with Gasteiger partial charge in [-0.1, -0.05) is 31.1 Å². The van der Waals surface area contributed by atoms with E-state index < -0.39 is 0 Å². The molecule has 0 aliphatic rings. The van der Waals surface area contributed by atoms with Crippen molar-refractivity contribution in [2.75, 3.05) is 5.32 Å². The van der Waals surface area contributed by atoms with E-state index in [0.29, 0.717) is 0 Å². The van der Waals surface area contributed by atoms with Gasteiger partial charge in [-0.3, -0.25) is 4.79 Å². The fraction of sp³-hybridized carbons (Fsp3) is 0.333. The van der Waals surface area contributed by atoms with E-state index in [1.165, 1.54) is 0 Å². The molecule has 4 heteroatoms. The van der Waals surface area contributed by atoms with Crippen LogP contribution in [0.3, 0.4) is 0 Å². The molecule has 0 saturated heterocycles. The van der Waals surface area contributed by atoms with E-state index in [4.69, 9.17) is 4.52 Å². The minimum atomic E-state index is -0.0257. The molecule has 4 nitrogen and oxygen atoms in total. The number of hydrogen-bond donors (Lipinski definition) is 1. The van der Waals surface area contributed by atoms with Crippen LogP contribution >= 0.6 is 0 Å². The Morgan fingerprint density at radius 2 is 1.84 bits per heavy atom. The normalized spacial score (nSPS) is 10.8. The number of benzene rings is 1. The summed E-state index contributed by atoms with van der Waals surface area (Å²) in [6, 6.07) is 7.70. The highest BCUT2D eigenvalue weighted by Crippen LogP contribution is 2.27. The zero-order valence-electron chi connectivity index (χ0n) is 11.7. The Kier molecular flexibility index (Phi) is 3.69. The number of rotatable bonds is 3. The summed E-state index contributed by atoms with van der Waals surface area (Å²) in [5.74, 6) is 0.795. The van der Waals surface area contributed by atoms with Crippen molar-refractivity contribution in [3.05, 3.63) is 35.7 Å². The van der Waals surface area contributed by atoms with E-state index in [2.05, 4.69) is 10.5 Å². The monoisotopic (exact) mass is 258 g/mol. The van der Waals surface area contributed by atoms with Crippen LogP contribution in [0.1, 0.15) is 25.3 Å². The summed E-state index contributed by atoms with van der Waals surface area (Å²) in [5.41, 5.74) is 3.73. The third kappa shape index (κ3) is 2.84. The van der Waals surface area contributed by atoms with Crippen LogP contribution in [0, 0.1) is 19.8 Å². The van der Waals surface area contributed by atoms with Gasteiger partial charge in [0.05, 0.1) is 5.69 Å². The molecule has 1 N–H and O–H groups in total. The zero-order chi connectivity index (χ0) is 14.0. The average Bonchev–Trinajstić information content (AvgIpc) is 2.70. The van der Waals surface area contributed by atoms with Crippen molar-refractivity contribution < 1.29 is 9.32 Å². The van der Waals surface area contributed by atoms with Gasteiger partial charge in [0.25, 0.3) is 0 Å². The van der Waals surface area contributed by atoms with Gasteiger partial charge >= 0.3 is 0 Å². The molecule has 0 spiro atoms. The molecule has 100 valence electrons. The molecular formula is C15H18N2O2. The predicted molar refractivity (Wildman–Crippen MR) is 74.9 cm³/mol. The predicted octanol–water partition coefficient (Wildman–Crippen LogP) is 3.55. The van der Waals surface area contributed by atoms with E-state index in [9.17, 15) is 4.79 Å². The van der Waals surface area contributed by atoms with Crippen LogP contribution in [0.15, 0.2) is 28.8 Å². The van der Waals surface area contributed by atoms with E-state index in [0.717, 1.165) is 28.3 Å². The van der Waals surface area contributed by atoms with E-state index in [1.807, 2.05) is 52.0 Å². The van der Waals surface area contributed by atoms with Crippen molar-refractivity contribution >= 4 is 11.6 Å². The largest absolute Gasteiger partial charge is 0.361 e. The van der Waals surface area contributed by atoms with Gasteiger partial charge in [-0.05, 0) is 31.5 Å². The number of aromatic nitrogens is 1.